The van der Waals surface area contributed by atoms with Gasteiger partial charge in [0, 0.05) is 23.7 Å². The summed E-state index contributed by atoms with van der Waals surface area (Å²) in [6, 6.07) is 13.8. The highest BCUT2D eigenvalue weighted by Crippen LogP contribution is 2.37. The predicted molar refractivity (Wildman–Crippen MR) is 143 cm³/mol. The number of nitrogens with zero attached hydrogens (tertiary/aromatic N) is 3. The number of aromatic nitrogens is 2. The van der Waals surface area contributed by atoms with Gasteiger partial charge in [0.05, 0.1) is 12.6 Å². The molecule has 39 heavy (non-hydrogen) atoms. The van der Waals surface area contributed by atoms with Gasteiger partial charge in [-0.3, -0.25) is 4.79 Å². The van der Waals surface area contributed by atoms with Crippen molar-refractivity contribution in [2.75, 3.05) is 4.90 Å². The smallest absolute Gasteiger partial charge is 0.413 e. The van der Waals surface area contributed by atoms with Crippen LogP contribution in [-0.4, -0.2) is 39.9 Å². The van der Waals surface area contributed by atoms with Crippen LogP contribution in [0.5, 0.6) is 5.75 Å². The number of fused-ring (bicyclic) bond motifs is 1. The number of para-hydroxylation sites is 1. The van der Waals surface area contributed by atoms with Crippen LogP contribution in [0.3, 0.4) is 0 Å². The maximum Gasteiger partial charge on any atom is 0.413 e. The Bertz CT molecular complexity index is 1330. The molecule has 0 unspecified atom stereocenters. The fraction of sp³-hybridized carbons (Fsp3) is 0.393. The van der Waals surface area contributed by atoms with Crippen LogP contribution >= 0.6 is 0 Å². The van der Waals surface area contributed by atoms with Crippen molar-refractivity contribution in [3.05, 3.63) is 59.9 Å². The Morgan fingerprint density at radius 2 is 1.79 bits per heavy atom. The fourth-order valence-corrected chi connectivity index (χ4v) is 4.35. The molecule has 2 aromatic carbocycles. The van der Waals surface area contributed by atoms with E-state index >= 15 is 0 Å². The molecular weight excluding hydrogens is 502 g/mol. The zero-order valence-electron chi connectivity index (χ0n) is 22.7. The Balaban J connectivity index is 1.35. The predicted octanol–water partition coefficient (Wildman–Crippen LogP) is 5.13. The first kappa shape index (κ1) is 27.6. The maximum absolute atomic E-state index is 12.7. The first-order chi connectivity index (χ1) is 18.5. The maximum atomic E-state index is 12.7. The van der Waals surface area contributed by atoms with Crippen LogP contribution in [0, 0.1) is 0 Å². The van der Waals surface area contributed by atoms with E-state index in [1.165, 1.54) is 0 Å². The molecule has 206 valence electrons. The number of nitrogens with one attached hydrogen (secondary N) is 2. The minimum Gasteiger partial charge on any atom is -0.444 e. The van der Waals surface area contributed by atoms with E-state index in [0.717, 1.165) is 11.3 Å². The van der Waals surface area contributed by atoms with Crippen LogP contribution < -0.4 is 20.3 Å². The van der Waals surface area contributed by atoms with E-state index in [4.69, 9.17) is 14.0 Å². The van der Waals surface area contributed by atoms with Gasteiger partial charge >= 0.3 is 12.2 Å². The largest absolute Gasteiger partial charge is 0.444 e. The first-order valence-electron chi connectivity index (χ1n) is 12.8. The molecule has 0 spiro atoms. The number of carbonyl (C=O) groups excluding carboxylic acids is 3. The van der Waals surface area contributed by atoms with E-state index in [2.05, 4.69) is 20.8 Å². The Labute approximate surface area is 226 Å². The zero-order chi connectivity index (χ0) is 28.2. The van der Waals surface area contributed by atoms with Crippen molar-refractivity contribution in [2.45, 2.75) is 71.7 Å². The van der Waals surface area contributed by atoms with Crippen molar-refractivity contribution in [3.63, 3.8) is 0 Å². The third-order valence-corrected chi connectivity index (χ3v) is 6.02. The number of ether oxygens (including phenoxy) is 2. The summed E-state index contributed by atoms with van der Waals surface area (Å²) in [4.78, 5) is 43.1. The Morgan fingerprint density at radius 3 is 2.49 bits per heavy atom. The molecule has 4 rings (SSSR count). The lowest BCUT2D eigenvalue weighted by atomic mass is 9.91. The molecule has 2 N–H and O–H groups in total. The first-order valence-corrected chi connectivity index (χ1v) is 12.8. The van der Waals surface area contributed by atoms with Crippen molar-refractivity contribution < 1.29 is 28.4 Å². The normalized spacial score (nSPS) is 16.7. The van der Waals surface area contributed by atoms with E-state index in [0.29, 0.717) is 24.2 Å². The SMILES string of the molecule is CCC(=O)N1c2ccccc2[C@H](NC(=O)Oc2ccc(-c3nc(CNC(=O)OC(C)(C)C)no3)cc2)C[C@@H]1C. The van der Waals surface area contributed by atoms with Crippen molar-refractivity contribution in [1.82, 2.24) is 20.8 Å². The highest BCUT2D eigenvalue weighted by atomic mass is 16.6. The van der Waals surface area contributed by atoms with Crippen molar-refractivity contribution in [1.29, 1.82) is 0 Å². The summed E-state index contributed by atoms with van der Waals surface area (Å²) in [7, 11) is 0. The topological polar surface area (TPSA) is 136 Å². The van der Waals surface area contributed by atoms with Gasteiger partial charge in [-0.2, -0.15) is 4.98 Å². The van der Waals surface area contributed by atoms with Gasteiger partial charge < -0.3 is 29.5 Å². The number of benzene rings is 2. The number of anilines is 1. The van der Waals surface area contributed by atoms with Crippen LogP contribution in [-0.2, 0) is 16.1 Å². The van der Waals surface area contributed by atoms with Gasteiger partial charge in [0.15, 0.2) is 5.82 Å². The molecule has 0 saturated heterocycles. The molecule has 1 aromatic heterocycles. The second-order valence-corrected chi connectivity index (χ2v) is 10.2. The zero-order valence-corrected chi connectivity index (χ0v) is 22.7. The summed E-state index contributed by atoms with van der Waals surface area (Å²) in [6.07, 6.45) is -0.202. The van der Waals surface area contributed by atoms with Crippen molar-refractivity contribution in [3.8, 4) is 17.2 Å². The summed E-state index contributed by atoms with van der Waals surface area (Å²) in [5, 5.41) is 9.37. The number of hydrogen-bond donors (Lipinski definition) is 2. The number of rotatable bonds is 6. The van der Waals surface area contributed by atoms with Gasteiger partial charge in [-0.15, -0.1) is 0 Å². The standard InChI is InChI=1S/C28H33N5O6/c1-6-24(34)33-17(2)15-21(20-9-7-8-10-22(20)33)30-27(36)37-19-13-11-18(12-14-19)25-31-23(32-39-25)16-29-26(35)38-28(3,4)5/h7-14,17,21H,6,15-16H2,1-5H3,(H,29,35)(H,30,36)/t17-,21+/m0/s1. The molecule has 1 aliphatic rings. The molecule has 0 radical (unpaired) electrons. The minimum atomic E-state index is -0.608. The third-order valence-electron chi connectivity index (χ3n) is 6.02. The molecule has 3 amide bonds. The summed E-state index contributed by atoms with van der Waals surface area (Å²) in [5.41, 5.74) is 1.69. The molecule has 0 fully saturated rings. The molecular formula is C28H33N5O6. The van der Waals surface area contributed by atoms with Gasteiger partial charge in [-0.1, -0.05) is 30.3 Å². The molecule has 11 heteroatoms. The lowest BCUT2D eigenvalue weighted by molar-refractivity contribution is -0.118. The fourth-order valence-electron chi connectivity index (χ4n) is 4.35. The molecule has 0 bridgehead atoms. The van der Waals surface area contributed by atoms with Crippen LogP contribution in [0.4, 0.5) is 15.3 Å². The Kier molecular flexibility index (Phi) is 8.18. The summed E-state index contributed by atoms with van der Waals surface area (Å²) in [6.45, 7) is 9.18. The highest BCUT2D eigenvalue weighted by molar-refractivity contribution is 5.95. The van der Waals surface area contributed by atoms with E-state index in [1.807, 2.05) is 38.1 Å². The minimum absolute atomic E-state index is 0.0451. The van der Waals surface area contributed by atoms with Gasteiger partial charge in [-0.25, -0.2) is 9.59 Å². The van der Waals surface area contributed by atoms with Gasteiger partial charge in [0.2, 0.25) is 5.91 Å². The molecule has 0 saturated carbocycles. The molecule has 2 heterocycles. The van der Waals surface area contributed by atoms with E-state index in [1.54, 1.807) is 49.9 Å². The summed E-state index contributed by atoms with van der Waals surface area (Å²) < 4.78 is 16.0. The van der Waals surface area contributed by atoms with Crippen LogP contribution in [0.15, 0.2) is 53.1 Å². The average Bonchev–Trinajstić information content (AvgIpc) is 3.36. The Hall–Kier alpha value is -4.41. The van der Waals surface area contributed by atoms with Gasteiger partial charge in [-0.05, 0) is 70.0 Å². The van der Waals surface area contributed by atoms with E-state index in [-0.39, 0.29) is 36.3 Å². The highest BCUT2D eigenvalue weighted by Gasteiger charge is 2.34. The third kappa shape index (κ3) is 6.92. The number of alkyl carbamates (subject to hydrolysis) is 1. The molecule has 0 aliphatic carbocycles. The lowest BCUT2D eigenvalue weighted by Crippen LogP contribution is -2.46. The number of hydrogen-bond acceptors (Lipinski definition) is 8. The Morgan fingerprint density at radius 1 is 1.08 bits per heavy atom. The average molecular weight is 536 g/mol. The van der Waals surface area contributed by atoms with Crippen molar-refractivity contribution in [2.24, 2.45) is 0 Å². The monoisotopic (exact) mass is 535 g/mol. The lowest BCUT2D eigenvalue weighted by Gasteiger charge is -2.39. The number of carbonyl (C=O) groups is 3. The van der Waals surface area contributed by atoms with Crippen LogP contribution in [0.1, 0.15) is 64.9 Å². The second-order valence-electron chi connectivity index (χ2n) is 10.2. The van der Waals surface area contributed by atoms with Crippen LogP contribution in [0.2, 0.25) is 0 Å². The molecule has 11 nitrogen and oxygen atoms in total. The second kappa shape index (κ2) is 11.5. The van der Waals surface area contributed by atoms with Gasteiger partial charge in [0.1, 0.15) is 11.4 Å². The van der Waals surface area contributed by atoms with E-state index in [9.17, 15) is 14.4 Å². The summed E-state index contributed by atoms with van der Waals surface area (Å²) >= 11 is 0. The van der Waals surface area contributed by atoms with Crippen LogP contribution in [0.25, 0.3) is 11.5 Å². The van der Waals surface area contributed by atoms with Gasteiger partial charge in [0.25, 0.3) is 5.89 Å². The molecule has 1 aliphatic heterocycles. The quantitative estimate of drug-likeness (QED) is 0.444. The summed E-state index contributed by atoms with van der Waals surface area (Å²) in [5.74, 6) is 0.925. The van der Waals surface area contributed by atoms with E-state index < -0.39 is 17.8 Å². The number of amides is 3. The van der Waals surface area contributed by atoms with Crippen molar-refractivity contribution >= 4 is 23.8 Å². The molecule has 3 aromatic rings. The molecule has 2 atom stereocenters.